The standard InChI is InChI=1S/C13H7Br3N2S/c14-7-1-3-9(16)11(5-7)18-12-6-8(15)2-4-10(12)17-13(18)19/h1-6H,(H,17,19). The topological polar surface area (TPSA) is 20.7 Å². The van der Waals surface area contributed by atoms with E-state index in [-0.39, 0.29) is 0 Å². The van der Waals surface area contributed by atoms with E-state index in [1.165, 1.54) is 0 Å². The van der Waals surface area contributed by atoms with Crippen LogP contribution in [0.2, 0.25) is 0 Å². The van der Waals surface area contributed by atoms with Crippen LogP contribution in [0.5, 0.6) is 0 Å². The van der Waals surface area contributed by atoms with Gasteiger partial charge in [0.1, 0.15) is 0 Å². The monoisotopic (exact) mass is 460 g/mol. The van der Waals surface area contributed by atoms with Gasteiger partial charge in [-0.3, -0.25) is 4.57 Å². The minimum atomic E-state index is 0.673. The summed E-state index contributed by atoms with van der Waals surface area (Å²) in [4.78, 5) is 3.22. The molecule has 0 aliphatic rings. The second kappa shape index (κ2) is 5.16. The van der Waals surface area contributed by atoms with Crippen molar-refractivity contribution < 1.29 is 0 Å². The zero-order valence-electron chi connectivity index (χ0n) is 9.45. The first-order valence-corrected chi connectivity index (χ1v) is 8.21. The Balaban J connectivity index is 2.42. The van der Waals surface area contributed by atoms with Gasteiger partial charge in [-0.1, -0.05) is 31.9 Å². The molecule has 0 amide bonds. The second-order valence-electron chi connectivity index (χ2n) is 4.02. The number of halogens is 3. The van der Waals surface area contributed by atoms with Crippen LogP contribution in [0.1, 0.15) is 0 Å². The van der Waals surface area contributed by atoms with Gasteiger partial charge < -0.3 is 4.98 Å². The highest BCUT2D eigenvalue weighted by Gasteiger charge is 2.10. The van der Waals surface area contributed by atoms with Gasteiger partial charge in [-0.25, -0.2) is 0 Å². The molecule has 0 atom stereocenters. The third kappa shape index (κ3) is 2.46. The molecule has 6 heteroatoms. The summed E-state index contributed by atoms with van der Waals surface area (Å²) in [6.45, 7) is 0. The Kier molecular flexibility index (Phi) is 3.68. The predicted octanol–water partition coefficient (Wildman–Crippen LogP) is 5.98. The summed E-state index contributed by atoms with van der Waals surface area (Å²) in [5.41, 5.74) is 3.06. The molecule has 2 nitrogen and oxygen atoms in total. The van der Waals surface area contributed by atoms with E-state index in [1.807, 2.05) is 34.9 Å². The molecule has 0 fully saturated rings. The Morgan fingerprint density at radius 3 is 2.42 bits per heavy atom. The molecule has 19 heavy (non-hydrogen) atoms. The fourth-order valence-corrected chi connectivity index (χ4v) is 3.40. The SMILES string of the molecule is S=c1[nH]c2ccc(Br)cc2n1-c1cc(Br)ccc1Br. The van der Waals surface area contributed by atoms with Crippen molar-refractivity contribution >= 4 is 71.0 Å². The van der Waals surface area contributed by atoms with Crippen LogP contribution in [0.25, 0.3) is 16.7 Å². The molecule has 0 aliphatic heterocycles. The Labute approximate surface area is 140 Å². The molecule has 0 spiro atoms. The van der Waals surface area contributed by atoms with E-state index in [9.17, 15) is 0 Å². The van der Waals surface area contributed by atoms with Crippen molar-refractivity contribution in [3.05, 3.63) is 54.6 Å². The Bertz CT molecular complexity index is 836. The summed E-state index contributed by atoms with van der Waals surface area (Å²) < 4.78 is 5.72. The summed E-state index contributed by atoms with van der Waals surface area (Å²) in [5.74, 6) is 0. The first kappa shape index (κ1) is 13.5. The van der Waals surface area contributed by atoms with Crippen molar-refractivity contribution in [1.29, 1.82) is 0 Å². The number of H-pyrrole nitrogens is 1. The summed E-state index contributed by atoms with van der Waals surface area (Å²) in [6, 6.07) is 12.1. The van der Waals surface area contributed by atoms with E-state index in [1.54, 1.807) is 0 Å². The van der Waals surface area contributed by atoms with Crippen molar-refractivity contribution in [3.63, 3.8) is 0 Å². The maximum absolute atomic E-state index is 5.44. The van der Waals surface area contributed by atoms with Crippen LogP contribution in [-0.2, 0) is 0 Å². The molecule has 0 aliphatic carbocycles. The normalized spacial score (nSPS) is 11.1. The molecule has 96 valence electrons. The summed E-state index contributed by atoms with van der Waals surface area (Å²) in [7, 11) is 0. The van der Waals surface area contributed by atoms with Gasteiger partial charge in [0.25, 0.3) is 0 Å². The third-order valence-corrected chi connectivity index (χ3v) is 4.74. The molecule has 1 aromatic heterocycles. The highest BCUT2D eigenvalue weighted by molar-refractivity contribution is 9.11. The lowest BCUT2D eigenvalue weighted by molar-refractivity contribution is 1.06. The van der Waals surface area contributed by atoms with Crippen molar-refractivity contribution in [1.82, 2.24) is 9.55 Å². The number of nitrogens with zero attached hydrogens (tertiary/aromatic N) is 1. The summed E-state index contributed by atoms with van der Waals surface area (Å²) in [6.07, 6.45) is 0. The first-order valence-electron chi connectivity index (χ1n) is 5.42. The first-order chi connectivity index (χ1) is 9.06. The minimum absolute atomic E-state index is 0.673. The van der Waals surface area contributed by atoms with Gasteiger partial charge in [0.2, 0.25) is 0 Å². The lowest BCUT2D eigenvalue weighted by atomic mass is 10.3. The number of imidazole rings is 1. The van der Waals surface area contributed by atoms with E-state index in [0.717, 1.165) is 30.1 Å². The molecule has 0 radical (unpaired) electrons. The maximum Gasteiger partial charge on any atom is 0.182 e. The van der Waals surface area contributed by atoms with Crippen LogP contribution in [0.15, 0.2) is 49.8 Å². The number of benzene rings is 2. The minimum Gasteiger partial charge on any atom is -0.330 e. The number of hydrogen-bond donors (Lipinski definition) is 1. The maximum atomic E-state index is 5.44. The molecule has 0 unspecified atom stereocenters. The summed E-state index contributed by atoms with van der Waals surface area (Å²) >= 11 is 16.0. The Morgan fingerprint density at radius 2 is 1.63 bits per heavy atom. The van der Waals surface area contributed by atoms with Crippen LogP contribution < -0.4 is 0 Å². The Morgan fingerprint density at radius 1 is 0.947 bits per heavy atom. The molecule has 3 aromatic rings. The van der Waals surface area contributed by atoms with Gasteiger partial charge in [-0.05, 0) is 64.5 Å². The lowest BCUT2D eigenvalue weighted by Crippen LogP contribution is -1.95. The fraction of sp³-hybridized carbons (Fsp3) is 0. The molecule has 1 heterocycles. The summed E-state index contributed by atoms with van der Waals surface area (Å²) in [5, 5.41) is 0. The molecule has 2 aromatic carbocycles. The van der Waals surface area contributed by atoms with E-state index in [2.05, 4.69) is 58.8 Å². The van der Waals surface area contributed by atoms with Crippen molar-refractivity contribution in [2.24, 2.45) is 0 Å². The zero-order valence-corrected chi connectivity index (χ0v) is 15.0. The molecule has 1 N–H and O–H groups in total. The van der Waals surface area contributed by atoms with Crippen LogP contribution in [0, 0.1) is 4.77 Å². The number of aromatic nitrogens is 2. The molecule has 0 bridgehead atoms. The fourth-order valence-electron chi connectivity index (χ4n) is 1.97. The number of fused-ring (bicyclic) bond motifs is 1. The molecule has 0 saturated carbocycles. The number of rotatable bonds is 1. The van der Waals surface area contributed by atoms with Crippen molar-refractivity contribution in [3.8, 4) is 5.69 Å². The number of aromatic amines is 1. The molecule has 0 saturated heterocycles. The molecular formula is C13H7Br3N2S. The lowest BCUT2D eigenvalue weighted by Gasteiger charge is -2.08. The van der Waals surface area contributed by atoms with Gasteiger partial charge in [0.15, 0.2) is 4.77 Å². The van der Waals surface area contributed by atoms with Gasteiger partial charge in [0, 0.05) is 13.4 Å². The van der Waals surface area contributed by atoms with Gasteiger partial charge in [-0.15, -0.1) is 0 Å². The average molecular weight is 463 g/mol. The van der Waals surface area contributed by atoms with Gasteiger partial charge in [-0.2, -0.15) is 0 Å². The number of nitrogens with one attached hydrogen (secondary N) is 1. The highest BCUT2D eigenvalue weighted by atomic mass is 79.9. The smallest absolute Gasteiger partial charge is 0.182 e. The van der Waals surface area contributed by atoms with Crippen molar-refractivity contribution in [2.45, 2.75) is 0 Å². The van der Waals surface area contributed by atoms with Crippen LogP contribution >= 0.6 is 60.0 Å². The molecule has 3 rings (SSSR count). The number of hydrogen-bond acceptors (Lipinski definition) is 1. The van der Waals surface area contributed by atoms with Crippen LogP contribution in [-0.4, -0.2) is 9.55 Å². The molecular weight excluding hydrogens is 456 g/mol. The average Bonchev–Trinajstić information content (AvgIpc) is 2.68. The van der Waals surface area contributed by atoms with Crippen LogP contribution in [0.4, 0.5) is 0 Å². The third-order valence-electron chi connectivity index (χ3n) is 2.79. The zero-order chi connectivity index (χ0) is 13.6. The van der Waals surface area contributed by atoms with E-state index in [4.69, 9.17) is 12.2 Å². The highest BCUT2D eigenvalue weighted by Crippen LogP contribution is 2.29. The van der Waals surface area contributed by atoms with Gasteiger partial charge >= 0.3 is 0 Å². The van der Waals surface area contributed by atoms with E-state index < -0.39 is 0 Å². The van der Waals surface area contributed by atoms with Crippen LogP contribution in [0.3, 0.4) is 0 Å². The van der Waals surface area contributed by atoms with E-state index in [0.29, 0.717) is 4.77 Å². The van der Waals surface area contributed by atoms with Gasteiger partial charge in [0.05, 0.1) is 16.7 Å². The quantitative estimate of drug-likeness (QED) is 0.441. The predicted molar refractivity (Wildman–Crippen MR) is 91.6 cm³/mol. The Hall–Kier alpha value is -0.430. The largest absolute Gasteiger partial charge is 0.330 e. The van der Waals surface area contributed by atoms with Crippen molar-refractivity contribution in [2.75, 3.05) is 0 Å². The van der Waals surface area contributed by atoms with E-state index >= 15 is 0 Å². The second-order valence-corrected chi connectivity index (χ2v) is 7.10.